The number of hydrogen-bond acceptors (Lipinski definition) is 4. The molecule has 0 saturated carbocycles. The van der Waals surface area contributed by atoms with Crippen molar-refractivity contribution in [1.29, 1.82) is 0 Å². The number of pyridine rings is 1. The van der Waals surface area contributed by atoms with Crippen molar-refractivity contribution in [3.05, 3.63) is 197 Å². The minimum Gasteiger partial charge on any atom is -0.457 e. The summed E-state index contributed by atoms with van der Waals surface area (Å²) in [6.07, 6.45) is 4.26. The molecule has 0 fully saturated rings. The molecule has 2 aromatic heterocycles. The molecular formula is C59H62N4O. The lowest BCUT2D eigenvalue weighted by Crippen LogP contribution is -2.27. The van der Waals surface area contributed by atoms with Crippen LogP contribution in [0.5, 0.6) is 11.5 Å². The van der Waals surface area contributed by atoms with Gasteiger partial charge in [-0.15, -0.1) is 0 Å². The standard InChI is InChI=1S/C59H62N4O/c1-56(2,3)43-31-44(57(4,5)6)33-46(32-43)61-38-53(40-21-14-12-15-22-40)62(39-61)45-25-20-26-47(35-45)64-48-36-50(58(7,8)9)55-49-27-18-19-28-51(49)63(52(55)37-48)54-34-42(29-30-60-54)59(10,11)41-23-16-13-17-24-41/h12-38H,39H2,1-11H3. The number of anilines is 2. The molecule has 6 aromatic carbocycles. The highest BCUT2D eigenvalue weighted by Gasteiger charge is 2.30. The lowest BCUT2D eigenvalue weighted by Gasteiger charge is -2.29. The Morgan fingerprint density at radius 2 is 1.16 bits per heavy atom. The van der Waals surface area contributed by atoms with Crippen molar-refractivity contribution in [2.24, 2.45) is 0 Å². The zero-order chi connectivity index (χ0) is 45.2. The van der Waals surface area contributed by atoms with Gasteiger partial charge in [-0.05, 0) is 98.2 Å². The lowest BCUT2D eigenvalue weighted by atomic mass is 9.78. The van der Waals surface area contributed by atoms with Crippen LogP contribution in [-0.2, 0) is 21.7 Å². The summed E-state index contributed by atoms with van der Waals surface area (Å²) in [4.78, 5) is 9.85. The third-order valence-electron chi connectivity index (χ3n) is 13.0. The van der Waals surface area contributed by atoms with E-state index in [-0.39, 0.29) is 21.7 Å². The van der Waals surface area contributed by atoms with Gasteiger partial charge in [0, 0.05) is 52.1 Å². The van der Waals surface area contributed by atoms with E-state index in [1.165, 1.54) is 44.3 Å². The topological polar surface area (TPSA) is 33.5 Å². The fraction of sp³-hybridized carbons (Fsp3) is 0.271. The van der Waals surface area contributed by atoms with E-state index in [4.69, 9.17) is 9.72 Å². The molecule has 324 valence electrons. The predicted molar refractivity (Wildman–Crippen MR) is 270 cm³/mol. The first kappa shape index (κ1) is 42.7. The Morgan fingerprint density at radius 1 is 0.500 bits per heavy atom. The van der Waals surface area contributed by atoms with Gasteiger partial charge in [0.05, 0.1) is 23.4 Å². The number of aromatic nitrogens is 2. The molecule has 1 aliphatic rings. The number of fused-ring (bicyclic) bond motifs is 3. The summed E-state index contributed by atoms with van der Waals surface area (Å²) in [6.45, 7) is 25.9. The molecule has 0 aliphatic carbocycles. The van der Waals surface area contributed by atoms with Crippen molar-refractivity contribution >= 4 is 38.9 Å². The number of rotatable bonds is 8. The van der Waals surface area contributed by atoms with Crippen molar-refractivity contribution in [3.63, 3.8) is 0 Å². The maximum absolute atomic E-state index is 7.01. The van der Waals surface area contributed by atoms with E-state index in [9.17, 15) is 0 Å². The summed E-state index contributed by atoms with van der Waals surface area (Å²) in [5.41, 5.74) is 12.7. The number of nitrogens with zero attached hydrogens (tertiary/aromatic N) is 4. The third kappa shape index (κ3) is 8.09. The summed E-state index contributed by atoms with van der Waals surface area (Å²) >= 11 is 0. The number of benzene rings is 6. The quantitative estimate of drug-likeness (QED) is 0.153. The molecule has 0 radical (unpaired) electrons. The first-order chi connectivity index (χ1) is 30.4. The van der Waals surface area contributed by atoms with Gasteiger partial charge in [-0.3, -0.25) is 4.57 Å². The molecule has 0 bridgehead atoms. The number of hydrogen-bond donors (Lipinski definition) is 0. The fourth-order valence-corrected chi connectivity index (χ4v) is 9.12. The van der Waals surface area contributed by atoms with Crippen molar-refractivity contribution in [2.75, 3.05) is 16.5 Å². The zero-order valence-corrected chi connectivity index (χ0v) is 39.5. The van der Waals surface area contributed by atoms with Gasteiger partial charge in [-0.25, -0.2) is 4.98 Å². The Labute approximate surface area is 380 Å². The maximum atomic E-state index is 7.01. The fourth-order valence-electron chi connectivity index (χ4n) is 9.12. The molecule has 0 spiro atoms. The molecule has 0 amide bonds. The molecule has 0 saturated heterocycles. The summed E-state index contributed by atoms with van der Waals surface area (Å²) in [5.74, 6) is 2.45. The van der Waals surface area contributed by atoms with Crippen LogP contribution in [0.4, 0.5) is 11.4 Å². The van der Waals surface area contributed by atoms with Gasteiger partial charge in [-0.2, -0.15) is 0 Å². The molecule has 0 atom stereocenters. The van der Waals surface area contributed by atoms with Gasteiger partial charge in [0.15, 0.2) is 0 Å². The van der Waals surface area contributed by atoms with Gasteiger partial charge in [0.1, 0.15) is 17.3 Å². The molecule has 3 heterocycles. The Kier molecular flexibility index (Phi) is 10.6. The average Bonchev–Trinajstić information content (AvgIpc) is 3.86. The van der Waals surface area contributed by atoms with Crippen LogP contribution >= 0.6 is 0 Å². The van der Waals surface area contributed by atoms with Gasteiger partial charge in [0.2, 0.25) is 0 Å². The van der Waals surface area contributed by atoms with Gasteiger partial charge < -0.3 is 14.5 Å². The molecule has 8 aromatic rings. The highest BCUT2D eigenvalue weighted by Crippen LogP contribution is 2.44. The average molecular weight is 843 g/mol. The second-order valence-corrected chi connectivity index (χ2v) is 21.1. The highest BCUT2D eigenvalue weighted by atomic mass is 16.5. The van der Waals surface area contributed by atoms with Gasteiger partial charge in [-0.1, -0.05) is 167 Å². The summed E-state index contributed by atoms with van der Waals surface area (Å²) in [6, 6.07) is 54.7. The largest absolute Gasteiger partial charge is 0.457 e. The van der Waals surface area contributed by atoms with Crippen molar-refractivity contribution in [3.8, 4) is 17.3 Å². The molecule has 5 heteroatoms. The van der Waals surface area contributed by atoms with Gasteiger partial charge >= 0.3 is 0 Å². The molecule has 0 N–H and O–H groups in total. The summed E-state index contributed by atoms with van der Waals surface area (Å²) in [5, 5.41) is 2.42. The predicted octanol–water partition coefficient (Wildman–Crippen LogP) is 15.5. The molecule has 1 aliphatic heterocycles. The van der Waals surface area contributed by atoms with E-state index in [1.807, 2.05) is 6.20 Å². The van der Waals surface area contributed by atoms with Crippen LogP contribution in [0.3, 0.4) is 0 Å². The normalized spacial score (nSPS) is 13.8. The monoisotopic (exact) mass is 842 g/mol. The van der Waals surface area contributed by atoms with E-state index in [1.54, 1.807) is 0 Å². The molecule has 0 unspecified atom stereocenters. The second-order valence-electron chi connectivity index (χ2n) is 21.1. The number of para-hydroxylation sites is 1. The maximum Gasteiger partial charge on any atom is 0.137 e. The zero-order valence-electron chi connectivity index (χ0n) is 39.5. The van der Waals surface area contributed by atoms with Crippen LogP contribution in [-0.4, -0.2) is 16.2 Å². The Hall–Kier alpha value is -6.59. The van der Waals surface area contributed by atoms with Crippen LogP contribution in [0, 0.1) is 0 Å². The first-order valence-electron chi connectivity index (χ1n) is 22.7. The van der Waals surface area contributed by atoms with Gasteiger partial charge in [0.25, 0.3) is 0 Å². The van der Waals surface area contributed by atoms with E-state index in [0.717, 1.165) is 45.3 Å². The second kappa shape index (κ2) is 15.9. The molecule has 5 nitrogen and oxygen atoms in total. The van der Waals surface area contributed by atoms with Crippen LogP contribution in [0.25, 0.3) is 33.3 Å². The molecule has 64 heavy (non-hydrogen) atoms. The van der Waals surface area contributed by atoms with E-state index in [2.05, 4.69) is 248 Å². The van der Waals surface area contributed by atoms with Crippen molar-refractivity contribution in [2.45, 2.75) is 97.8 Å². The highest BCUT2D eigenvalue weighted by molar-refractivity contribution is 6.11. The Balaban J connectivity index is 1.13. The summed E-state index contributed by atoms with van der Waals surface area (Å²) < 4.78 is 9.33. The molecular weight excluding hydrogens is 781 g/mol. The van der Waals surface area contributed by atoms with Crippen LogP contribution in [0.15, 0.2) is 164 Å². The van der Waals surface area contributed by atoms with Crippen molar-refractivity contribution < 1.29 is 4.74 Å². The van der Waals surface area contributed by atoms with E-state index < -0.39 is 0 Å². The lowest BCUT2D eigenvalue weighted by molar-refractivity contribution is 0.480. The van der Waals surface area contributed by atoms with Crippen LogP contribution < -0.4 is 14.5 Å². The van der Waals surface area contributed by atoms with E-state index in [0.29, 0.717) is 6.67 Å². The minimum atomic E-state index is -0.221. The SMILES string of the molecule is CC(C)(C)c1cc(N2C=C(c3ccccc3)N(c3cccc(Oc4cc(C(C)(C)C)c5c6ccccc6n(-c6cc(C(C)(C)c7ccccc7)ccn6)c5c4)c3)C2)cc(C(C)(C)C)c1. The Morgan fingerprint density at radius 3 is 1.83 bits per heavy atom. The smallest absolute Gasteiger partial charge is 0.137 e. The third-order valence-corrected chi connectivity index (χ3v) is 13.0. The van der Waals surface area contributed by atoms with Crippen LogP contribution in [0.1, 0.15) is 110 Å². The number of ether oxygens (including phenoxy) is 1. The minimum absolute atomic E-state index is 0.0110. The first-order valence-corrected chi connectivity index (χ1v) is 22.7. The van der Waals surface area contributed by atoms with Crippen LogP contribution in [0.2, 0.25) is 0 Å². The summed E-state index contributed by atoms with van der Waals surface area (Å²) in [7, 11) is 0. The van der Waals surface area contributed by atoms with Crippen molar-refractivity contribution in [1.82, 2.24) is 9.55 Å². The van der Waals surface area contributed by atoms with E-state index >= 15 is 0 Å². The molecule has 9 rings (SSSR count). The Bertz CT molecular complexity index is 2990.